The molecule has 0 aromatic heterocycles. The first-order valence-electron chi connectivity index (χ1n) is 13.9. The van der Waals surface area contributed by atoms with Crippen LogP contribution in [0.1, 0.15) is 94.9 Å². The molecule has 35 heavy (non-hydrogen) atoms. The Morgan fingerprint density at radius 3 is 1.69 bits per heavy atom. The van der Waals surface area contributed by atoms with Crippen molar-refractivity contribution in [3.63, 3.8) is 0 Å². The van der Waals surface area contributed by atoms with Crippen molar-refractivity contribution in [2.45, 2.75) is 143 Å². The maximum Gasteiger partial charge on any atom is 0.192 e. The van der Waals surface area contributed by atoms with E-state index < -0.39 is 16.6 Å². The molecule has 5 heteroatoms. The molecule has 4 atom stereocenters. The lowest BCUT2D eigenvalue weighted by Crippen LogP contribution is -2.54. The van der Waals surface area contributed by atoms with Gasteiger partial charge in [-0.15, -0.1) is 0 Å². The molecule has 200 valence electrons. The molecule has 0 bridgehead atoms. The molecule has 0 amide bonds. The zero-order valence-electron chi connectivity index (χ0n) is 25.4. The van der Waals surface area contributed by atoms with E-state index in [4.69, 9.17) is 8.85 Å². The van der Waals surface area contributed by atoms with Crippen LogP contribution >= 0.6 is 0 Å². The van der Waals surface area contributed by atoms with Gasteiger partial charge in [-0.1, -0.05) is 74.8 Å². The first kappa shape index (κ1) is 29.1. The summed E-state index contributed by atoms with van der Waals surface area (Å²) in [5.41, 5.74) is 4.07. The molecule has 0 aliphatic heterocycles. The standard InChI is InChI=1S/C30H54O3Si2/c1-20(2)22-19-25(33-35(13,14)28(6,7)8)30(10)16-15-29(9)23(26(22)30)17-21(31)18-24(29)32-34(11,12)27(3,4)5/h17,20,24-25H,15-16,18-19H2,1-14H3/t24-,25+,29+,30-/m0/s1. The fourth-order valence-corrected chi connectivity index (χ4v) is 8.71. The highest BCUT2D eigenvalue weighted by Gasteiger charge is 2.59. The Balaban J connectivity index is 2.08. The van der Waals surface area contributed by atoms with E-state index in [2.05, 4.69) is 95.4 Å². The topological polar surface area (TPSA) is 35.5 Å². The second kappa shape index (κ2) is 8.78. The molecule has 0 N–H and O–H groups in total. The third-order valence-electron chi connectivity index (χ3n) is 10.6. The molecule has 3 aliphatic rings. The van der Waals surface area contributed by atoms with Crippen molar-refractivity contribution in [3.05, 3.63) is 22.8 Å². The summed E-state index contributed by atoms with van der Waals surface area (Å²) < 4.78 is 14.2. The number of hydrogen-bond donors (Lipinski definition) is 0. The Labute approximate surface area is 218 Å². The summed E-state index contributed by atoms with van der Waals surface area (Å²) in [4.78, 5) is 13.2. The first-order valence-corrected chi connectivity index (χ1v) is 19.7. The highest BCUT2D eigenvalue weighted by atomic mass is 28.4. The quantitative estimate of drug-likeness (QED) is 0.341. The number of carbonyl (C=O) groups excluding carboxylic acids is 1. The minimum atomic E-state index is -2.02. The molecule has 0 aromatic rings. The molecule has 0 heterocycles. The van der Waals surface area contributed by atoms with Crippen molar-refractivity contribution in [1.82, 2.24) is 0 Å². The summed E-state index contributed by atoms with van der Waals surface area (Å²) in [6.07, 6.45) is 5.81. The molecule has 3 rings (SSSR count). The fraction of sp³-hybridized carbons (Fsp3) is 0.833. The highest BCUT2D eigenvalue weighted by molar-refractivity contribution is 6.74. The van der Waals surface area contributed by atoms with Gasteiger partial charge in [0.25, 0.3) is 0 Å². The van der Waals surface area contributed by atoms with E-state index in [1.54, 1.807) is 0 Å². The van der Waals surface area contributed by atoms with Gasteiger partial charge in [0, 0.05) is 17.3 Å². The molecule has 3 aliphatic carbocycles. The van der Waals surface area contributed by atoms with Gasteiger partial charge >= 0.3 is 0 Å². The smallest absolute Gasteiger partial charge is 0.192 e. The minimum Gasteiger partial charge on any atom is -0.413 e. The lowest BCUT2D eigenvalue weighted by molar-refractivity contribution is -0.119. The van der Waals surface area contributed by atoms with Crippen molar-refractivity contribution in [2.75, 3.05) is 0 Å². The number of ketones is 1. The van der Waals surface area contributed by atoms with Gasteiger partial charge in [-0.3, -0.25) is 4.79 Å². The van der Waals surface area contributed by atoms with Crippen LogP contribution in [0.3, 0.4) is 0 Å². The first-order chi connectivity index (χ1) is 15.6. The molecule has 0 unspecified atom stereocenters. The van der Waals surface area contributed by atoms with Gasteiger partial charge in [-0.25, -0.2) is 0 Å². The fourth-order valence-electron chi connectivity index (χ4n) is 5.89. The van der Waals surface area contributed by atoms with Crippen LogP contribution in [-0.2, 0) is 13.6 Å². The predicted molar refractivity (Wildman–Crippen MR) is 154 cm³/mol. The number of hydrogen-bond acceptors (Lipinski definition) is 3. The van der Waals surface area contributed by atoms with Crippen LogP contribution in [0, 0.1) is 16.7 Å². The summed E-state index contributed by atoms with van der Waals surface area (Å²) in [5, 5.41) is 0.296. The van der Waals surface area contributed by atoms with E-state index in [1.165, 1.54) is 16.7 Å². The van der Waals surface area contributed by atoms with Gasteiger partial charge in [0.05, 0.1) is 12.2 Å². The van der Waals surface area contributed by atoms with Crippen molar-refractivity contribution in [2.24, 2.45) is 16.7 Å². The average molecular weight is 519 g/mol. The molecule has 1 fully saturated rings. The molecular weight excluding hydrogens is 464 g/mol. The summed E-state index contributed by atoms with van der Waals surface area (Å²) in [6, 6.07) is 0. The van der Waals surface area contributed by atoms with E-state index in [9.17, 15) is 4.79 Å². The van der Waals surface area contributed by atoms with Crippen LogP contribution in [0.4, 0.5) is 0 Å². The van der Waals surface area contributed by atoms with E-state index in [-0.39, 0.29) is 38.9 Å². The van der Waals surface area contributed by atoms with Gasteiger partial charge < -0.3 is 8.85 Å². The molecule has 0 aromatic carbocycles. The van der Waals surface area contributed by atoms with Gasteiger partial charge in [0.2, 0.25) is 0 Å². The van der Waals surface area contributed by atoms with E-state index in [0.29, 0.717) is 12.3 Å². The monoisotopic (exact) mass is 518 g/mol. The van der Waals surface area contributed by atoms with Crippen LogP contribution < -0.4 is 0 Å². The van der Waals surface area contributed by atoms with Crippen molar-refractivity contribution in [1.29, 1.82) is 0 Å². The SMILES string of the molecule is CC(C)C1=C2C3=CC(=O)C[C@H](O[Si](C)(C)C(C)(C)C)[C@]3(C)CC[C@@]2(C)[C@H](O[Si](C)(C)C(C)(C)C)C1. The maximum absolute atomic E-state index is 13.2. The van der Waals surface area contributed by atoms with E-state index in [1.807, 2.05) is 6.08 Å². The van der Waals surface area contributed by atoms with Crippen molar-refractivity contribution >= 4 is 22.4 Å². The van der Waals surface area contributed by atoms with Crippen LogP contribution in [0.5, 0.6) is 0 Å². The van der Waals surface area contributed by atoms with E-state index in [0.717, 1.165) is 19.3 Å². The molecule has 1 saturated carbocycles. The second-order valence-electron chi connectivity index (χ2n) is 15.6. The van der Waals surface area contributed by atoms with Gasteiger partial charge in [-0.2, -0.15) is 0 Å². The van der Waals surface area contributed by atoms with Crippen LogP contribution in [0.25, 0.3) is 0 Å². The summed E-state index contributed by atoms with van der Waals surface area (Å²) in [5.74, 6) is 0.673. The molecule has 0 spiro atoms. The summed E-state index contributed by atoms with van der Waals surface area (Å²) in [7, 11) is -3.95. The number of carbonyl (C=O) groups is 1. The normalized spacial score (nSPS) is 32.7. The van der Waals surface area contributed by atoms with Crippen molar-refractivity contribution < 1.29 is 13.6 Å². The molecule has 0 radical (unpaired) electrons. The molecular formula is C30H54O3Si2. The lowest BCUT2D eigenvalue weighted by Gasteiger charge is -2.55. The molecule has 3 nitrogen and oxygen atoms in total. The van der Waals surface area contributed by atoms with Crippen LogP contribution in [0.15, 0.2) is 22.8 Å². The van der Waals surface area contributed by atoms with E-state index >= 15 is 0 Å². The van der Waals surface area contributed by atoms with Gasteiger partial charge in [0.15, 0.2) is 22.4 Å². The lowest BCUT2D eigenvalue weighted by atomic mass is 9.55. The second-order valence-corrected chi connectivity index (χ2v) is 25.1. The largest absolute Gasteiger partial charge is 0.413 e. The Kier molecular flexibility index (Phi) is 7.29. The summed E-state index contributed by atoms with van der Waals surface area (Å²) in [6.45, 7) is 32.7. The van der Waals surface area contributed by atoms with Crippen molar-refractivity contribution in [3.8, 4) is 0 Å². The van der Waals surface area contributed by atoms with Gasteiger partial charge in [0.1, 0.15) is 0 Å². The molecule has 0 saturated heterocycles. The highest BCUT2D eigenvalue weighted by Crippen LogP contribution is 2.64. The minimum absolute atomic E-state index is 0.0401. The maximum atomic E-state index is 13.2. The van der Waals surface area contributed by atoms with Crippen LogP contribution in [-0.4, -0.2) is 34.6 Å². The predicted octanol–water partition coefficient (Wildman–Crippen LogP) is 8.83. The van der Waals surface area contributed by atoms with Gasteiger partial charge in [-0.05, 0) is 78.7 Å². The number of allylic oxidation sites excluding steroid dienone is 1. The zero-order valence-corrected chi connectivity index (χ0v) is 27.4. The average Bonchev–Trinajstić information content (AvgIpc) is 2.94. The number of rotatable bonds is 5. The third-order valence-corrected chi connectivity index (χ3v) is 19.6. The Bertz CT molecular complexity index is 928. The Morgan fingerprint density at radius 2 is 1.26 bits per heavy atom. The van der Waals surface area contributed by atoms with Crippen LogP contribution in [0.2, 0.25) is 36.3 Å². The summed E-state index contributed by atoms with van der Waals surface area (Å²) >= 11 is 0. The Morgan fingerprint density at radius 1 is 0.829 bits per heavy atom. The Hall–Kier alpha value is -0.496. The third kappa shape index (κ3) is 4.89. The number of fused-ring (bicyclic) bond motifs is 3. The zero-order chi connectivity index (χ0) is 27.0.